The molecule has 15 heteroatoms. The van der Waals surface area contributed by atoms with Crippen LogP contribution >= 0.6 is 0 Å². The number of rotatable bonds is 6. The van der Waals surface area contributed by atoms with Crippen molar-refractivity contribution in [1.82, 2.24) is 0 Å². The summed E-state index contributed by atoms with van der Waals surface area (Å²) in [6, 6.07) is 3.19. The van der Waals surface area contributed by atoms with E-state index in [1.54, 1.807) is 13.8 Å². The van der Waals surface area contributed by atoms with Gasteiger partial charge in [0.2, 0.25) is 9.84 Å². The Kier molecular flexibility index (Phi) is 6.59. The summed E-state index contributed by atoms with van der Waals surface area (Å²) >= 11 is 0. The van der Waals surface area contributed by atoms with Gasteiger partial charge in [-0.1, -0.05) is 26.0 Å². The van der Waals surface area contributed by atoms with Crippen LogP contribution in [0.15, 0.2) is 29.2 Å². The molecule has 6 nitrogen and oxygen atoms in total. The standard InChI is InChI=1S/C13H14F6O6S3/c1-3-8(2)9-4-6-10(7-5-9)26(20,21)11(27(22,23)12(14,15)16)28(24,25)13(17,18)19/h4-8,11H,3H2,1-2H3. The molecule has 1 aromatic rings. The molecule has 0 aliphatic rings. The van der Waals surface area contributed by atoms with Crippen LogP contribution in [0, 0.1) is 0 Å². The van der Waals surface area contributed by atoms with Crippen molar-refractivity contribution in [2.45, 2.75) is 46.0 Å². The lowest BCUT2D eigenvalue weighted by molar-refractivity contribution is -0.0462. The quantitative estimate of drug-likeness (QED) is 0.585. The monoisotopic (exact) mass is 476 g/mol. The number of hydrogen-bond acceptors (Lipinski definition) is 6. The van der Waals surface area contributed by atoms with Crippen LogP contribution < -0.4 is 0 Å². The van der Waals surface area contributed by atoms with Gasteiger partial charge in [0, 0.05) is 0 Å². The smallest absolute Gasteiger partial charge is 0.221 e. The van der Waals surface area contributed by atoms with E-state index in [2.05, 4.69) is 0 Å². The molecule has 0 amide bonds. The van der Waals surface area contributed by atoms with E-state index in [-0.39, 0.29) is 5.92 Å². The SMILES string of the molecule is CCC(C)c1ccc(S(=O)(=O)C(S(=O)(=O)C(F)(F)F)S(=O)(=O)C(F)(F)F)cc1. The minimum atomic E-state index is -7.31. The van der Waals surface area contributed by atoms with Gasteiger partial charge in [-0.15, -0.1) is 0 Å². The van der Waals surface area contributed by atoms with Crippen molar-refractivity contribution >= 4 is 29.5 Å². The molecular weight excluding hydrogens is 462 g/mol. The van der Waals surface area contributed by atoms with Gasteiger partial charge in [0.15, 0.2) is 0 Å². The molecule has 0 heterocycles. The first-order chi connectivity index (χ1) is 12.3. The van der Waals surface area contributed by atoms with Gasteiger partial charge in [0.25, 0.3) is 23.6 Å². The molecule has 0 radical (unpaired) electrons. The van der Waals surface area contributed by atoms with Crippen LogP contribution in [0.1, 0.15) is 31.7 Å². The van der Waals surface area contributed by atoms with E-state index in [0.29, 0.717) is 24.1 Å². The molecule has 0 N–H and O–H groups in total. The average molecular weight is 476 g/mol. The second-order valence-corrected chi connectivity index (χ2v) is 12.7. The van der Waals surface area contributed by atoms with E-state index < -0.39 is 49.3 Å². The van der Waals surface area contributed by atoms with E-state index in [9.17, 15) is 51.6 Å². The highest BCUT2D eigenvalue weighted by atomic mass is 32.3. The van der Waals surface area contributed by atoms with Crippen LogP contribution in [0.4, 0.5) is 26.3 Å². The first kappa shape index (κ1) is 24.7. The summed E-state index contributed by atoms with van der Waals surface area (Å²) in [6.07, 6.45) is 0.555. The van der Waals surface area contributed by atoms with Crippen LogP contribution in [0.5, 0.6) is 0 Å². The van der Waals surface area contributed by atoms with Gasteiger partial charge in [-0.2, -0.15) is 26.3 Å². The van der Waals surface area contributed by atoms with Gasteiger partial charge in [0.05, 0.1) is 4.90 Å². The Morgan fingerprint density at radius 2 is 1.14 bits per heavy atom. The molecule has 1 aromatic carbocycles. The zero-order chi connectivity index (χ0) is 22.3. The Hall–Kier alpha value is -1.35. The van der Waals surface area contributed by atoms with Crippen LogP contribution in [-0.2, 0) is 29.5 Å². The maximum absolute atomic E-state index is 12.8. The highest BCUT2D eigenvalue weighted by Gasteiger charge is 2.68. The number of sulfone groups is 3. The van der Waals surface area contributed by atoms with Crippen LogP contribution in [-0.4, -0.2) is 40.2 Å². The highest BCUT2D eigenvalue weighted by Crippen LogP contribution is 2.40. The van der Waals surface area contributed by atoms with Gasteiger partial charge < -0.3 is 0 Å². The fourth-order valence-electron chi connectivity index (χ4n) is 2.05. The fourth-order valence-corrected chi connectivity index (χ4v) is 9.20. The Morgan fingerprint density at radius 1 is 0.786 bits per heavy atom. The molecule has 28 heavy (non-hydrogen) atoms. The maximum atomic E-state index is 12.8. The third-order valence-corrected chi connectivity index (χ3v) is 12.1. The first-order valence-corrected chi connectivity index (χ1v) is 11.9. The molecule has 1 atom stereocenters. The Morgan fingerprint density at radius 3 is 1.43 bits per heavy atom. The summed E-state index contributed by atoms with van der Waals surface area (Å²) in [6.45, 7) is 3.44. The maximum Gasteiger partial charge on any atom is 0.499 e. The summed E-state index contributed by atoms with van der Waals surface area (Å²) < 4.78 is 142. The second kappa shape index (κ2) is 7.48. The summed E-state index contributed by atoms with van der Waals surface area (Å²) in [7, 11) is -20.8. The third-order valence-electron chi connectivity index (χ3n) is 3.80. The minimum absolute atomic E-state index is 0.162. The van der Waals surface area contributed by atoms with Crippen LogP contribution in [0.2, 0.25) is 0 Å². The highest BCUT2D eigenvalue weighted by molar-refractivity contribution is 8.24. The van der Waals surface area contributed by atoms with E-state index in [0.717, 1.165) is 12.1 Å². The van der Waals surface area contributed by atoms with Crippen LogP contribution in [0.3, 0.4) is 0 Å². The first-order valence-electron chi connectivity index (χ1n) is 7.26. The number of hydrogen-bond donors (Lipinski definition) is 0. The molecule has 0 saturated carbocycles. The fraction of sp³-hybridized carbons (Fsp3) is 0.538. The number of alkyl halides is 6. The van der Waals surface area contributed by atoms with Crippen molar-refractivity contribution in [3.05, 3.63) is 29.8 Å². The van der Waals surface area contributed by atoms with Gasteiger partial charge >= 0.3 is 11.0 Å². The van der Waals surface area contributed by atoms with Crippen molar-refractivity contribution < 1.29 is 51.6 Å². The Balaban J connectivity index is 3.81. The normalized spacial score (nSPS) is 15.6. The third kappa shape index (κ3) is 4.30. The van der Waals surface area contributed by atoms with Crippen LogP contribution in [0.25, 0.3) is 0 Å². The molecule has 0 aromatic heterocycles. The van der Waals surface area contributed by atoms with Gasteiger partial charge in [-0.25, -0.2) is 25.3 Å². The summed E-state index contributed by atoms with van der Waals surface area (Å²) in [4.78, 5) is -1.31. The van der Waals surface area contributed by atoms with Gasteiger partial charge in [-0.05, 0) is 30.0 Å². The largest absolute Gasteiger partial charge is 0.499 e. The average Bonchev–Trinajstić information content (AvgIpc) is 2.51. The van der Waals surface area contributed by atoms with Gasteiger partial charge in [-0.3, -0.25) is 0 Å². The molecule has 0 aliphatic heterocycles. The predicted octanol–water partition coefficient (Wildman–Crippen LogP) is 3.13. The molecule has 0 spiro atoms. The lowest BCUT2D eigenvalue weighted by atomic mass is 9.99. The summed E-state index contributed by atoms with van der Waals surface area (Å²) in [5.74, 6) is -0.162. The predicted molar refractivity (Wildman–Crippen MR) is 86.1 cm³/mol. The molecule has 0 aliphatic carbocycles. The van der Waals surface area contributed by atoms with Crippen molar-refractivity contribution in [2.75, 3.05) is 0 Å². The Labute approximate surface area is 157 Å². The van der Waals surface area contributed by atoms with Crippen molar-refractivity contribution in [3.63, 3.8) is 0 Å². The lowest BCUT2D eigenvalue weighted by Crippen LogP contribution is -2.49. The topological polar surface area (TPSA) is 102 Å². The van der Waals surface area contributed by atoms with Crippen molar-refractivity contribution in [2.24, 2.45) is 0 Å². The summed E-state index contributed by atoms with van der Waals surface area (Å²) in [5, 5.41) is 0. The van der Waals surface area contributed by atoms with E-state index in [4.69, 9.17) is 0 Å². The second-order valence-electron chi connectivity index (χ2n) is 5.69. The molecule has 0 saturated heterocycles. The Bertz CT molecular complexity index is 978. The molecule has 1 rings (SSSR count). The zero-order valence-corrected chi connectivity index (χ0v) is 16.6. The number of benzene rings is 1. The lowest BCUT2D eigenvalue weighted by Gasteiger charge is -2.21. The number of halogens is 6. The minimum Gasteiger partial charge on any atom is -0.221 e. The molecule has 0 bridgehead atoms. The molecule has 1 unspecified atom stereocenters. The van der Waals surface area contributed by atoms with E-state index in [1.165, 1.54) is 0 Å². The van der Waals surface area contributed by atoms with Gasteiger partial charge in [0.1, 0.15) is 0 Å². The molecule has 0 fully saturated rings. The van der Waals surface area contributed by atoms with E-state index in [1.807, 2.05) is 0 Å². The molecular formula is C13H14F6O6S3. The molecule has 162 valence electrons. The van der Waals surface area contributed by atoms with Crippen molar-refractivity contribution in [1.29, 1.82) is 0 Å². The zero-order valence-electron chi connectivity index (χ0n) is 14.1. The summed E-state index contributed by atoms with van der Waals surface area (Å²) in [5.41, 5.74) is -12.7. The van der Waals surface area contributed by atoms with E-state index >= 15 is 0 Å². The van der Waals surface area contributed by atoms with Crippen molar-refractivity contribution in [3.8, 4) is 0 Å².